The molecule has 0 aliphatic carbocycles. The molecule has 0 spiro atoms. The van der Waals surface area contributed by atoms with Crippen molar-refractivity contribution in [2.45, 2.75) is 6.18 Å². The van der Waals surface area contributed by atoms with Crippen LogP contribution in [0.5, 0.6) is 0 Å². The number of hydrogen-bond acceptors (Lipinski definition) is 0. The van der Waals surface area contributed by atoms with Gasteiger partial charge in [0.1, 0.15) is 11.4 Å². The fourth-order valence-corrected chi connectivity index (χ4v) is 4.51. The number of rotatable bonds is 2. The summed E-state index contributed by atoms with van der Waals surface area (Å²) in [5.41, 5.74) is -4.93. The smallest absolute Gasteiger partial charge is 0.206 e. The summed E-state index contributed by atoms with van der Waals surface area (Å²) in [6, 6.07) is 11.2. The van der Waals surface area contributed by atoms with E-state index in [0.717, 1.165) is 36.4 Å². The molecule has 5 rings (SSSR count). The maximum absolute atomic E-state index is 15.3. The second-order valence-electron chi connectivity index (χ2n) is 8.09. The first-order valence-corrected chi connectivity index (χ1v) is 10.4. The van der Waals surface area contributed by atoms with Crippen molar-refractivity contribution in [3.63, 3.8) is 0 Å². The Bertz CT molecular complexity index is 1710. The molecule has 0 fully saturated rings. The van der Waals surface area contributed by atoms with Crippen molar-refractivity contribution < 1.29 is 43.9 Å². The molecule has 37 heavy (non-hydrogen) atoms. The number of halogens is 10. The van der Waals surface area contributed by atoms with E-state index < -0.39 is 63.6 Å². The molecule has 5 aromatic carbocycles. The largest absolute Gasteiger partial charge is 0.422 e. The Morgan fingerprint density at radius 3 is 1.59 bits per heavy atom. The van der Waals surface area contributed by atoms with Gasteiger partial charge in [-0.2, -0.15) is 13.2 Å². The van der Waals surface area contributed by atoms with Gasteiger partial charge in [0.2, 0.25) is 0 Å². The highest BCUT2D eigenvalue weighted by Gasteiger charge is 2.43. The van der Waals surface area contributed by atoms with Gasteiger partial charge in [0.25, 0.3) is 0 Å². The molecular formula is C27H10F10. The Labute approximate surface area is 201 Å². The lowest BCUT2D eigenvalue weighted by atomic mass is 9.85. The minimum Gasteiger partial charge on any atom is -0.206 e. The predicted molar refractivity (Wildman–Crippen MR) is 117 cm³/mol. The third kappa shape index (κ3) is 3.70. The fourth-order valence-electron chi connectivity index (χ4n) is 4.51. The summed E-state index contributed by atoms with van der Waals surface area (Å²) < 4.78 is 142. The second-order valence-corrected chi connectivity index (χ2v) is 8.09. The molecule has 10 heteroatoms. The minimum absolute atomic E-state index is 0.000576. The van der Waals surface area contributed by atoms with E-state index in [1.54, 1.807) is 0 Å². The number of benzene rings is 5. The molecule has 188 valence electrons. The van der Waals surface area contributed by atoms with Crippen LogP contribution in [0.3, 0.4) is 0 Å². The molecule has 0 unspecified atom stereocenters. The molecule has 5 aromatic rings. The average molecular weight is 524 g/mol. The van der Waals surface area contributed by atoms with Gasteiger partial charge in [-0.1, -0.05) is 42.5 Å². The van der Waals surface area contributed by atoms with Crippen molar-refractivity contribution in [2.24, 2.45) is 0 Å². The Balaban J connectivity index is 2.03. The van der Waals surface area contributed by atoms with Crippen molar-refractivity contribution >= 4 is 21.5 Å². The van der Waals surface area contributed by atoms with Crippen molar-refractivity contribution in [2.75, 3.05) is 0 Å². The molecule has 0 aromatic heterocycles. The van der Waals surface area contributed by atoms with Crippen molar-refractivity contribution in [3.05, 3.63) is 107 Å². The van der Waals surface area contributed by atoms with Gasteiger partial charge in [-0.25, -0.2) is 30.7 Å². The molecular weight excluding hydrogens is 514 g/mol. The summed E-state index contributed by atoms with van der Waals surface area (Å²) in [4.78, 5) is 0. The maximum atomic E-state index is 15.3. The van der Waals surface area contributed by atoms with Crippen LogP contribution in [0.1, 0.15) is 5.56 Å². The lowest BCUT2D eigenvalue weighted by Gasteiger charge is -2.20. The molecule has 0 aliphatic rings. The van der Waals surface area contributed by atoms with Gasteiger partial charge < -0.3 is 0 Å². The molecule has 0 nitrogen and oxygen atoms in total. The van der Waals surface area contributed by atoms with Crippen LogP contribution in [0, 0.1) is 40.7 Å². The van der Waals surface area contributed by atoms with Gasteiger partial charge in [0, 0.05) is 16.5 Å². The Morgan fingerprint density at radius 1 is 0.459 bits per heavy atom. The van der Waals surface area contributed by atoms with E-state index in [1.165, 1.54) is 24.3 Å². The van der Waals surface area contributed by atoms with E-state index in [-0.39, 0.29) is 32.7 Å². The van der Waals surface area contributed by atoms with Crippen LogP contribution in [0.25, 0.3) is 43.8 Å². The second kappa shape index (κ2) is 8.50. The van der Waals surface area contributed by atoms with Gasteiger partial charge in [-0.05, 0) is 39.9 Å². The van der Waals surface area contributed by atoms with Crippen molar-refractivity contribution in [1.82, 2.24) is 0 Å². The molecule has 0 atom stereocenters. The Morgan fingerprint density at radius 2 is 1.03 bits per heavy atom. The van der Waals surface area contributed by atoms with Crippen LogP contribution in [-0.2, 0) is 6.18 Å². The number of alkyl halides is 3. The lowest BCUT2D eigenvalue weighted by Crippen LogP contribution is -2.16. The van der Waals surface area contributed by atoms with Gasteiger partial charge in [-0.3, -0.25) is 0 Å². The summed E-state index contributed by atoms with van der Waals surface area (Å²) in [6.45, 7) is 0. The van der Waals surface area contributed by atoms with Gasteiger partial charge in [0.05, 0.1) is 5.56 Å². The highest BCUT2D eigenvalue weighted by molar-refractivity contribution is 6.21. The van der Waals surface area contributed by atoms with Crippen LogP contribution >= 0.6 is 0 Å². The first-order chi connectivity index (χ1) is 17.4. The predicted octanol–water partition coefficient (Wildman–Crippen LogP) is 9.32. The summed E-state index contributed by atoms with van der Waals surface area (Å²) in [5, 5.41) is -0.867. The van der Waals surface area contributed by atoms with E-state index in [1.807, 2.05) is 0 Å². The summed E-state index contributed by atoms with van der Waals surface area (Å²) in [7, 11) is 0. The minimum atomic E-state index is -5.75. The lowest BCUT2D eigenvalue weighted by molar-refractivity contribution is -0.143. The third-order valence-electron chi connectivity index (χ3n) is 6.00. The zero-order chi connectivity index (χ0) is 26.8. The molecule has 0 saturated heterocycles. The number of hydrogen-bond donors (Lipinski definition) is 0. The first-order valence-electron chi connectivity index (χ1n) is 10.4. The SMILES string of the molecule is Fc1ccc(-c2c3ccccc3c(-c3c(F)c(F)c(C(F)(F)F)c(F)c3F)c3cccc(F)c23)cc1F. The summed E-state index contributed by atoms with van der Waals surface area (Å²) in [5.74, 6) is -13.5. The van der Waals surface area contributed by atoms with E-state index in [0.29, 0.717) is 0 Å². The van der Waals surface area contributed by atoms with Crippen LogP contribution in [-0.4, -0.2) is 0 Å². The summed E-state index contributed by atoms with van der Waals surface area (Å²) in [6.07, 6.45) is -5.75. The highest BCUT2D eigenvalue weighted by Crippen LogP contribution is 2.48. The van der Waals surface area contributed by atoms with Gasteiger partial charge in [0.15, 0.2) is 34.9 Å². The first kappa shape index (κ1) is 24.6. The maximum Gasteiger partial charge on any atom is 0.422 e. The monoisotopic (exact) mass is 524 g/mol. The average Bonchev–Trinajstić information content (AvgIpc) is 2.84. The standard InChI is InChI=1S/C27H10F10/c28-15-9-8-11(10-17(15)30)18-12-4-1-2-5-13(12)19(14-6-3-7-16(29)20(14)18)21-23(31)25(33)22(27(35,36)37)26(34)24(21)32/h1-10H. The van der Waals surface area contributed by atoms with Gasteiger partial charge >= 0.3 is 6.18 Å². The quantitative estimate of drug-likeness (QED) is 0.123. The van der Waals surface area contributed by atoms with E-state index >= 15 is 13.2 Å². The molecule has 0 heterocycles. The van der Waals surface area contributed by atoms with E-state index in [2.05, 4.69) is 0 Å². The van der Waals surface area contributed by atoms with Crippen LogP contribution in [0.15, 0.2) is 60.7 Å². The molecule has 0 amide bonds. The van der Waals surface area contributed by atoms with Gasteiger partial charge in [-0.15, -0.1) is 0 Å². The zero-order valence-corrected chi connectivity index (χ0v) is 18.1. The fraction of sp³-hybridized carbons (Fsp3) is 0.0370. The summed E-state index contributed by atoms with van der Waals surface area (Å²) >= 11 is 0. The zero-order valence-electron chi connectivity index (χ0n) is 18.1. The van der Waals surface area contributed by atoms with Crippen molar-refractivity contribution in [3.8, 4) is 22.3 Å². The Kier molecular flexibility index (Phi) is 5.65. The van der Waals surface area contributed by atoms with Crippen LogP contribution in [0.2, 0.25) is 0 Å². The van der Waals surface area contributed by atoms with E-state index in [9.17, 15) is 30.7 Å². The molecule has 0 radical (unpaired) electrons. The molecule has 0 aliphatic heterocycles. The molecule has 0 saturated carbocycles. The van der Waals surface area contributed by atoms with Crippen molar-refractivity contribution in [1.29, 1.82) is 0 Å². The normalized spacial score (nSPS) is 12.1. The van der Waals surface area contributed by atoms with Crippen LogP contribution in [0.4, 0.5) is 43.9 Å². The third-order valence-corrected chi connectivity index (χ3v) is 6.00. The molecule has 0 N–H and O–H groups in total. The van der Waals surface area contributed by atoms with E-state index in [4.69, 9.17) is 0 Å². The number of fused-ring (bicyclic) bond motifs is 2. The molecule has 0 bridgehead atoms. The van der Waals surface area contributed by atoms with Crippen LogP contribution < -0.4 is 0 Å². The highest BCUT2D eigenvalue weighted by atomic mass is 19.4. The Hall–Kier alpha value is -4.08. The topological polar surface area (TPSA) is 0 Å².